The Kier molecular flexibility index (Phi) is 10.7. The average molecular weight is 564 g/mol. The molecule has 2 aliphatic rings. The topological polar surface area (TPSA) is 35.6 Å². The smallest absolute Gasteiger partial charge is 0.382 e. The van der Waals surface area contributed by atoms with Crippen LogP contribution in [0.2, 0.25) is 0 Å². The molecule has 2 aliphatic heterocycles. The number of piperidine rings is 2. The highest BCUT2D eigenvalue weighted by Crippen LogP contribution is 2.37. The molecule has 1 amide bonds. The number of anilines is 2. The summed E-state index contributed by atoms with van der Waals surface area (Å²) >= 11 is -0.101. The van der Waals surface area contributed by atoms with Crippen LogP contribution >= 0.6 is 11.8 Å². The maximum atomic E-state index is 12.9. The molecule has 0 aromatic heterocycles. The normalized spacial score (nSPS) is 17.6. The Morgan fingerprint density at radius 3 is 2.03 bits per heavy atom. The number of hydrogen-bond donors (Lipinski definition) is 1. The third-order valence-corrected chi connectivity index (χ3v) is 8.53. The largest absolute Gasteiger partial charge is 0.446 e. The van der Waals surface area contributed by atoms with Gasteiger partial charge in [-0.05, 0) is 97.2 Å². The van der Waals surface area contributed by atoms with Crippen LogP contribution in [0.3, 0.4) is 0 Å². The van der Waals surface area contributed by atoms with Crippen molar-refractivity contribution in [3.63, 3.8) is 0 Å². The summed E-state index contributed by atoms with van der Waals surface area (Å²) < 4.78 is 37.5. The third kappa shape index (κ3) is 9.37. The molecule has 2 heterocycles. The standard InChI is InChI=1S/C30H40F3N3OS.CH4/c1-29(2,3)23-5-9-26(10-6-23)35-18-14-22(15-19-35)4-13-28(37)36-20-16-25(17-21-36)34-24-7-11-27(12-8-24)38-30(31,32)33;/h5-12,22,25,34H,4,13-21H2,1-3H3;1H4. The molecule has 0 aliphatic carbocycles. The van der Waals surface area contributed by atoms with E-state index in [0.717, 1.165) is 64.0 Å². The second kappa shape index (κ2) is 13.3. The first-order valence-corrected chi connectivity index (χ1v) is 14.5. The SMILES string of the molecule is C.CC(C)(C)c1ccc(N2CCC(CCC(=O)N3CCC(Nc4ccc(SC(F)(F)F)cc4)CC3)CC2)cc1. The molecule has 0 unspecified atom stereocenters. The fourth-order valence-electron chi connectivity index (χ4n) is 5.40. The van der Waals surface area contributed by atoms with Gasteiger partial charge in [0.2, 0.25) is 5.91 Å². The Bertz CT molecular complexity index is 1030. The van der Waals surface area contributed by atoms with E-state index < -0.39 is 5.51 Å². The van der Waals surface area contributed by atoms with Gasteiger partial charge in [0, 0.05) is 54.9 Å². The van der Waals surface area contributed by atoms with Crippen LogP contribution in [0.15, 0.2) is 53.4 Å². The molecule has 2 fully saturated rings. The van der Waals surface area contributed by atoms with Gasteiger partial charge in [0.1, 0.15) is 0 Å². The molecule has 2 aromatic rings. The summed E-state index contributed by atoms with van der Waals surface area (Å²) in [6, 6.07) is 15.6. The van der Waals surface area contributed by atoms with Gasteiger partial charge < -0.3 is 15.1 Å². The Balaban J connectivity index is 0.00000420. The first kappa shape index (κ1) is 31.2. The zero-order chi connectivity index (χ0) is 27.3. The number of halogens is 3. The summed E-state index contributed by atoms with van der Waals surface area (Å²) in [4.78, 5) is 17.5. The van der Waals surface area contributed by atoms with Crippen molar-refractivity contribution in [1.29, 1.82) is 0 Å². The van der Waals surface area contributed by atoms with Crippen molar-refractivity contribution in [3.05, 3.63) is 54.1 Å². The first-order chi connectivity index (χ1) is 18.0. The lowest BCUT2D eigenvalue weighted by atomic mass is 9.87. The second-order valence-corrected chi connectivity index (χ2v) is 12.8. The highest BCUT2D eigenvalue weighted by molar-refractivity contribution is 8.00. The number of carbonyl (C=O) groups is 1. The number of rotatable bonds is 7. The van der Waals surface area contributed by atoms with Crippen LogP contribution in [0, 0.1) is 5.92 Å². The van der Waals surface area contributed by atoms with Gasteiger partial charge in [-0.15, -0.1) is 0 Å². The molecule has 39 heavy (non-hydrogen) atoms. The van der Waals surface area contributed by atoms with E-state index in [-0.39, 0.29) is 41.4 Å². The van der Waals surface area contributed by atoms with Crippen molar-refractivity contribution in [3.8, 4) is 0 Å². The van der Waals surface area contributed by atoms with E-state index in [9.17, 15) is 18.0 Å². The minimum Gasteiger partial charge on any atom is -0.382 e. The number of hydrogen-bond acceptors (Lipinski definition) is 4. The van der Waals surface area contributed by atoms with E-state index in [0.29, 0.717) is 12.3 Å². The predicted octanol–water partition coefficient (Wildman–Crippen LogP) is 8.33. The third-order valence-electron chi connectivity index (χ3n) is 7.79. The van der Waals surface area contributed by atoms with Gasteiger partial charge in [0.15, 0.2) is 0 Å². The number of nitrogens with zero attached hydrogens (tertiary/aromatic N) is 2. The van der Waals surface area contributed by atoms with Gasteiger partial charge in [-0.25, -0.2) is 0 Å². The van der Waals surface area contributed by atoms with Gasteiger partial charge in [0.05, 0.1) is 0 Å². The fourth-order valence-corrected chi connectivity index (χ4v) is 5.94. The fraction of sp³-hybridized carbons (Fsp3) is 0.581. The zero-order valence-electron chi connectivity index (χ0n) is 22.7. The predicted molar refractivity (Wildman–Crippen MR) is 158 cm³/mol. The molecule has 2 aromatic carbocycles. The molecule has 4 nitrogen and oxygen atoms in total. The summed E-state index contributed by atoms with van der Waals surface area (Å²) in [7, 11) is 0. The van der Waals surface area contributed by atoms with Gasteiger partial charge in [-0.1, -0.05) is 40.3 Å². The Hall–Kier alpha value is -2.35. The van der Waals surface area contributed by atoms with Crippen molar-refractivity contribution < 1.29 is 18.0 Å². The highest BCUT2D eigenvalue weighted by Gasteiger charge is 2.29. The molecule has 2 saturated heterocycles. The summed E-state index contributed by atoms with van der Waals surface area (Å²) in [5, 5.41) is 3.41. The van der Waals surface area contributed by atoms with Crippen molar-refractivity contribution in [2.75, 3.05) is 36.4 Å². The van der Waals surface area contributed by atoms with Crippen LogP contribution in [-0.2, 0) is 10.2 Å². The van der Waals surface area contributed by atoms with Crippen LogP contribution in [-0.4, -0.2) is 48.5 Å². The Morgan fingerprint density at radius 2 is 1.49 bits per heavy atom. The molecule has 0 spiro atoms. The molecular formula is C31H44F3N3OS. The molecule has 4 rings (SSSR count). The molecular weight excluding hydrogens is 519 g/mol. The molecule has 1 N–H and O–H groups in total. The number of benzene rings is 2. The van der Waals surface area contributed by atoms with Crippen molar-refractivity contribution in [1.82, 2.24) is 4.90 Å². The number of carbonyl (C=O) groups excluding carboxylic acids is 1. The lowest BCUT2D eigenvalue weighted by molar-refractivity contribution is -0.132. The van der Waals surface area contributed by atoms with E-state index >= 15 is 0 Å². The zero-order valence-corrected chi connectivity index (χ0v) is 23.5. The molecule has 0 saturated carbocycles. The highest BCUT2D eigenvalue weighted by atomic mass is 32.2. The minimum absolute atomic E-state index is 0. The van der Waals surface area contributed by atoms with Crippen molar-refractivity contribution >= 4 is 29.0 Å². The summed E-state index contributed by atoms with van der Waals surface area (Å²) in [5.74, 6) is 0.846. The lowest BCUT2D eigenvalue weighted by Gasteiger charge is -2.35. The molecule has 0 atom stereocenters. The Labute approximate surface area is 236 Å². The van der Waals surface area contributed by atoms with Gasteiger partial charge in [-0.3, -0.25) is 4.79 Å². The Morgan fingerprint density at radius 1 is 0.897 bits per heavy atom. The number of nitrogens with one attached hydrogen (secondary N) is 1. The van der Waals surface area contributed by atoms with Gasteiger partial charge in [0.25, 0.3) is 0 Å². The number of alkyl halides is 3. The average Bonchev–Trinajstić information content (AvgIpc) is 2.88. The first-order valence-electron chi connectivity index (χ1n) is 13.7. The maximum Gasteiger partial charge on any atom is 0.446 e. The summed E-state index contributed by atoms with van der Waals surface area (Å²) in [6.45, 7) is 10.2. The van der Waals surface area contributed by atoms with Crippen molar-refractivity contribution in [2.45, 2.75) is 88.6 Å². The van der Waals surface area contributed by atoms with Gasteiger partial charge >= 0.3 is 5.51 Å². The number of likely N-dealkylation sites (tertiary alicyclic amines) is 1. The lowest BCUT2D eigenvalue weighted by Crippen LogP contribution is -2.42. The summed E-state index contributed by atoms with van der Waals surface area (Å²) in [6.07, 6.45) is 5.51. The molecule has 0 radical (unpaired) electrons. The van der Waals surface area contributed by atoms with Crippen LogP contribution < -0.4 is 10.2 Å². The second-order valence-electron chi connectivity index (χ2n) is 11.6. The van der Waals surface area contributed by atoms with E-state index in [1.165, 1.54) is 23.4 Å². The van der Waals surface area contributed by atoms with E-state index in [1.807, 2.05) is 4.90 Å². The molecule has 216 valence electrons. The van der Waals surface area contributed by atoms with Gasteiger partial charge in [-0.2, -0.15) is 13.2 Å². The molecule has 0 bridgehead atoms. The van der Waals surface area contributed by atoms with E-state index in [4.69, 9.17) is 0 Å². The molecule has 8 heteroatoms. The van der Waals surface area contributed by atoms with Crippen LogP contribution in [0.4, 0.5) is 24.5 Å². The van der Waals surface area contributed by atoms with Crippen LogP contribution in [0.5, 0.6) is 0 Å². The van der Waals surface area contributed by atoms with Crippen LogP contribution in [0.1, 0.15) is 72.3 Å². The number of thioether (sulfide) groups is 1. The van der Waals surface area contributed by atoms with Crippen LogP contribution in [0.25, 0.3) is 0 Å². The van der Waals surface area contributed by atoms with E-state index in [2.05, 4.69) is 55.3 Å². The monoisotopic (exact) mass is 563 g/mol. The maximum absolute atomic E-state index is 12.9. The quantitative estimate of drug-likeness (QED) is 0.344. The van der Waals surface area contributed by atoms with Crippen molar-refractivity contribution in [2.24, 2.45) is 5.92 Å². The minimum atomic E-state index is -4.27. The summed E-state index contributed by atoms with van der Waals surface area (Å²) in [5.41, 5.74) is -0.646. The van der Waals surface area contributed by atoms with E-state index in [1.54, 1.807) is 12.1 Å². The number of amides is 1.